The summed E-state index contributed by atoms with van der Waals surface area (Å²) >= 11 is 1.58. The summed E-state index contributed by atoms with van der Waals surface area (Å²) in [5.41, 5.74) is 0. The lowest BCUT2D eigenvalue weighted by Gasteiger charge is -2.05. The molecule has 1 saturated carbocycles. The second-order valence-electron chi connectivity index (χ2n) is 4.50. The zero-order valence-corrected chi connectivity index (χ0v) is 11.5. The Morgan fingerprint density at radius 1 is 1.47 bits per heavy atom. The molecular weight excluding hydrogens is 264 g/mol. The van der Waals surface area contributed by atoms with E-state index in [0.29, 0.717) is 11.8 Å². The third-order valence-electron chi connectivity index (χ3n) is 2.97. The van der Waals surface area contributed by atoms with Gasteiger partial charge in [-0.15, -0.1) is 5.10 Å². The zero-order valence-electron chi connectivity index (χ0n) is 10.7. The third-order valence-corrected chi connectivity index (χ3v) is 3.92. The van der Waals surface area contributed by atoms with E-state index < -0.39 is 0 Å². The van der Waals surface area contributed by atoms with Crippen molar-refractivity contribution in [3.05, 3.63) is 12.2 Å². The van der Waals surface area contributed by atoms with Crippen LogP contribution in [0.15, 0.2) is 11.5 Å². The van der Waals surface area contributed by atoms with Crippen molar-refractivity contribution < 1.29 is 0 Å². The molecule has 0 radical (unpaired) electrons. The summed E-state index contributed by atoms with van der Waals surface area (Å²) in [5.74, 6) is 1.63. The quantitative estimate of drug-likeness (QED) is 0.705. The van der Waals surface area contributed by atoms with Gasteiger partial charge in [0.05, 0.1) is 12.3 Å². The molecule has 0 aliphatic heterocycles. The van der Waals surface area contributed by atoms with Gasteiger partial charge in [0.25, 0.3) is 0 Å². The first-order valence-electron chi connectivity index (χ1n) is 6.28. The van der Waals surface area contributed by atoms with Crippen LogP contribution in [0.2, 0.25) is 0 Å². The number of tetrazole rings is 1. The molecule has 8 nitrogen and oxygen atoms in total. The van der Waals surface area contributed by atoms with Crippen molar-refractivity contribution in [3.8, 4) is 0 Å². The van der Waals surface area contributed by atoms with E-state index in [4.69, 9.17) is 0 Å². The van der Waals surface area contributed by atoms with Gasteiger partial charge in [-0.3, -0.25) is 4.68 Å². The van der Waals surface area contributed by atoms with Gasteiger partial charge in [-0.2, -0.15) is 5.10 Å². The molecule has 0 aromatic carbocycles. The van der Waals surface area contributed by atoms with Crippen LogP contribution in [0.3, 0.4) is 0 Å². The summed E-state index contributed by atoms with van der Waals surface area (Å²) in [6, 6.07) is 0.714. The van der Waals surface area contributed by atoms with E-state index in [-0.39, 0.29) is 0 Å². The highest BCUT2D eigenvalue weighted by Gasteiger charge is 2.20. The summed E-state index contributed by atoms with van der Waals surface area (Å²) in [6.07, 6.45) is 4.14. The molecule has 0 spiro atoms. The van der Waals surface area contributed by atoms with E-state index >= 15 is 0 Å². The molecule has 0 bridgehead atoms. The molecule has 2 aromatic heterocycles. The van der Waals surface area contributed by atoms with Crippen LogP contribution in [-0.4, -0.2) is 47.6 Å². The molecule has 1 N–H and O–H groups in total. The van der Waals surface area contributed by atoms with Crippen LogP contribution in [-0.2, 0) is 19.3 Å². The van der Waals surface area contributed by atoms with Crippen molar-refractivity contribution in [2.24, 2.45) is 7.05 Å². The van der Waals surface area contributed by atoms with Gasteiger partial charge in [-0.1, -0.05) is 11.8 Å². The number of hydrogen-bond acceptors (Lipinski definition) is 7. The zero-order chi connectivity index (χ0) is 13.1. The molecule has 19 heavy (non-hydrogen) atoms. The number of aromatic nitrogens is 7. The third kappa shape index (κ3) is 3.29. The molecule has 102 valence electrons. The Bertz CT molecular complexity index is 531. The van der Waals surface area contributed by atoms with Crippen LogP contribution in [0.4, 0.5) is 0 Å². The average Bonchev–Trinajstić information content (AvgIpc) is 2.97. The van der Waals surface area contributed by atoms with E-state index in [2.05, 4.69) is 30.9 Å². The lowest BCUT2D eigenvalue weighted by atomic mass is 10.6. The van der Waals surface area contributed by atoms with Crippen molar-refractivity contribution in [1.82, 2.24) is 40.3 Å². The molecule has 9 heteroatoms. The summed E-state index contributed by atoms with van der Waals surface area (Å²) in [4.78, 5) is 4.18. The van der Waals surface area contributed by atoms with E-state index in [0.717, 1.165) is 24.1 Å². The van der Waals surface area contributed by atoms with Crippen LogP contribution < -0.4 is 5.32 Å². The molecule has 1 aliphatic rings. The fourth-order valence-corrected chi connectivity index (χ4v) is 2.57. The number of aryl methyl sites for hydroxylation is 1. The van der Waals surface area contributed by atoms with E-state index in [1.54, 1.807) is 22.8 Å². The van der Waals surface area contributed by atoms with Gasteiger partial charge in [0.15, 0.2) is 0 Å². The summed E-state index contributed by atoms with van der Waals surface area (Å²) in [6.45, 7) is 1.71. The second kappa shape index (κ2) is 5.66. The van der Waals surface area contributed by atoms with E-state index in [1.807, 2.05) is 11.7 Å². The first-order valence-corrected chi connectivity index (χ1v) is 7.26. The number of nitrogens with zero attached hydrogens (tertiary/aromatic N) is 7. The van der Waals surface area contributed by atoms with Crippen LogP contribution in [0.1, 0.15) is 18.7 Å². The lowest BCUT2D eigenvalue weighted by molar-refractivity contribution is 0.509. The first kappa shape index (κ1) is 12.5. The van der Waals surface area contributed by atoms with Crippen molar-refractivity contribution >= 4 is 11.8 Å². The Morgan fingerprint density at radius 3 is 3.11 bits per heavy atom. The van der Waals surface area contributed by atoms with Crippen LogP contribution in [0.5, 0.6) is 0 Å². The number of hydrogen-bond donors (Lipinski definition) is 1. The van der Waals surface area contributed by atoms with Crippen molar-refractivity contribution in [2.45, 2.75) is 36.3 Å². The second-order valence-corrected chi connectivity index (χ2v) is 5.44. The fraction of sp³-hybridized carbons (Fsp3) is 0.700. The maximum Gasteiger partial charge on any atom is 0.209 e. The largest absolute Gasteiger partial charge is 0.312 e. The Hall–Kier alpha value is -1.48. The topological polar surface area (TPSA) is 86.3 Å². The molecule has 0 unspecified atom stereocenters. The minimum Gasteiger partial charge on any atom is -0.312 e. The number of rotatable bonds is 7. The van der Waals surface area contributed by atoms with Gasteiger partial charge in [-0.25, -0.2) is 9.67 Å². The van der Waals surface area contributed by atoms with Gasteiger partial charge >= 0.3 is 0 Å². The van der Waals surface area contributed by atoms with Gasteiger partial charge < -0.3 is 5.32 Å². The Balaban J connectivity index is 1.52. The molecule has 2 heterocycles. The molecular formula is C10H16N8S. The van der Waals surface area contributed by atoms with Crippen LogP contribution in [0, 0.1) is 0 Å². The number of thioether (sulfide) groups is 1. The van der Waals surface area contributed by atoms with Gasteiger partial charge in [0.2, 0.25) is 5.16 Å². The van der Waals surface area contributed by atoms with Gasteiger partial charge in [0, 0.05) is 19.6 Å². The molecule has 0 saturated heterocycles. The first-order chi connectivity index (χ1) is 9.33. The van der Waals surface area contributed by atoms with Crippen LogP contribution in [0.25, 0.3) is 0 Å². The molecule has 2 aromatic rings. The van der Waals surface area contributed by atoms with Crippen molar-refractivity contribution in [3.63, 3.8) is 0 Å². The Morgan fingerprint density at radius 2 is 2.37 bits per heavy atom. The summed E-state index contributed by atoms with van der Waals surface area (Å²) in [5, 5.41) is 20.1. The maximum absolute atomic E-state index is 4.18. The Labute approximate surface area is 115 Å². The molecule has 1 aliphatic carbocycles. The monoisotopic (exact) mass is 280 g/mol. The molecule has 0 atom stereocenters. The number of nitrogens with one attached hydrogen (secondary N) is 1. The lowest BCUT2D eigenvalue weighted by Crippen LogP contribution is -2.22. The van der Waals surface area contributed by atoms with Crippen molar-refractivity contribution in [2.75, 3.05) is 6.54 Å². The minimum absolute atomic E-state index is 0.714. The van der Waals surface area contributed by atoms with Gasteiger partial charge in [0.1, 0.15) is 12.2 Å². The smallest absolute Gasteiger partial charge is 0.209 e. The van der Waals surface area contributed by atoms with Gasteiger partial charge in [-0.05, 0) is 23.3 Å². The van der Waals surface area contributed by atoms with E-state index in [9.17, 15) is 0 Å². The molecule has 3 rings (SSSR count). The summed E-state index contributed by atoms with van der Waals surface area (Å²) < 4.78 is 3.59. The predicted octanol–water partition coefficient (Wildman–Crippen LogP) is -0.154. The van der Waals surface area contributed by atoms with Crippen LogP contribution >= 0.6 is 11.8 Å². The fourth-order valence-electron chi connectivity index (χ4n) is 1.68. The highest BCUT2D eigenvalue weighted by molar-refractivity contribution is 7.98. The molecule has 1 fully saturated rings. The highest BCUT2D eigenvalue weighted by Crippen LogP contribution is 2.19. The predicted molar refractivity (Wildman–Crippen MR) is 69.4 cm³/mol. The maximum atomic E-state index is 4.18. The normalized spacial score (nSPS) is 15.0. The van der Waals surface area contributed by atoms with E-state index in [1.165, 1.54) is 12.8 Å². The highest BCUT2D eigenvalue weighted by atomic mass is 32.2. The Kier molecular flexibility index (Phi) is 3.74. The van der Waals surface area contributed by atoms with Crippen molar-refractivity contribution in [1.29, 1.82) is 0 Å². The standard InChI is InChI=1S/C10H16N8S/c1-17-9(12-7-13-17)6-19-10-14-15-16-18(10)5-4-11-8-2-3-8/h7-8,11H,2-6H2,1H3. The molecule has 0 amide bonds. The summed E-state index contributed by atoms with van der Waals surface area (Å²) in [7, 11) is 1.88. The minimum atomic E-state index is 0.714. The average molecular weight is 280 g/mol. The SMILES string of the molecule is Cn1ncnc1CSc1nnnn1CCNC1CC1.